The number of ether oxygens (including phenoxy) is 1. The Morgan fingerprint density at radius 2 is 1.87 bits per heavy atom. The summed E-state index contributed by atoms with van der Waals surface area (Å²) in [6.45, 7) is 8.35. The van der Waals surface area contributed by atoms with E-state index in [0.29, 0.717) is 5.56 Å². The van der Waals surface area contributed by atoms with Crippen LogP contribution in [0, 0.1) is 11.3 Å². The van der Waals surface area contributed by atoms with Crippen molar-refractivity contribution in [2.75, 3.05) is 70.5 Å². The lowest BCUT2D eigenvalue weighted by atomic mass is 9.95. The molecule has 4 rings (SSSR count). The molecule has 7 nitrogen and oxygen atoms in total. The van der Waals surface area contributed by atoms with Crippen molar-refractivity contribution in [1.82, 2.24) is 20.0 Å². The van der Waals surface area contributed by atoms with Gasteiger partial charge < -0.3 is 15.0 Å². The zero-order valence-electron chi connectivity index (χ0n) is 17.5. The van der Waals surface area contributed by atoms with Crippen LogP contribution in [0.2, 0.25) is 0 Å². The molecule has 0 unspecified atom stereocenters. The molecule has 1 aromatic rings. The number of benzene rings is 1. The van der Waals surface area contributed by atoms with E-state index in [-0.39, 0.29) is 11.6 Å². The van der Waals surface area contributed by atoms with Crippen LogP contribution in [0.25, 0.3) is 0 Å². The van der Waals surface area contributed by atoms with Gasteiger partial charge in [0.15, 0.2) is 0 Å². The van der Waals surface area contributed by atoms with Crippen LogP contribution >= 0.6 is 11.8 Å². The monoisotopic (exact) mass is 429 g/mol. The maximum atomic E-state index is 12.8. The van der Waals surface area contributed by atoms with Crippen LogP contribution in [0.1, 0.15) is 17.5 Å². The summed E-state index contributed by atoms with van der Waals surface area (Å²) in [7, 11) is 0. The number of nitrogens with zero attached hydrogens (tertiary/aromatic N) is 4. The normalized spacial score (nSPS) is 25.8. The number of morpholine rings is 1. The summed E-state index contributed by atoms with van der Waals surface area (Å²) in [5.41, 5.74) is 1.98. The lowest BCUT2D eigenvalue weighted by Crippen LogP contribution is -2.61. The van der Waals surface area contributed by atoms with Gasteiger partial charge in [-0.3, -0.25) is 9.80 Å². The van der Waals surface area contributed by atoms with Crippen molar-refractivity contribution in [3.8, 4) is 6.07 Å². The van der Waals surface area contributed by atoms with E-state index in [9.17, 15) is 4.79 Å². The number of carbonyl (C=O) groups excluding carboxylic acids is 1. The van der Waals surface area contributed by atoms with Gasteiger partial charge in [0.05, 0.1) is 24.8 Å². The Labute approximate surface area is 183 Å². The Bertz CT molecular complexity index is 746. The molecular formula is C22H31N5O2S. The number of thioether (sulfide) groups is 1. The summed E-state index contributed by atoms with van der Waals surface area (Å²) in [5, 5.41) is 12.2. The van der Waals surface area contributed by atoms with Crippen LogP contribution in [0.5, 0.6) is 0 Å². The highest BCUT2D eigenvalue weighted by atomic mass is 32.2. The molecule has 3 saturated heterocycles. The van der Waals surface area contributed by atoms with Gasteiger partial charge in [-0.25, -0.2) is 4.79 Å². The Morgan fingerprint density at radius 1 is 1.13 bits per heavy atom. The first-order chi connectivity index (χ1) is 14.7. The van der Waals surface area contributed by atoms with Crippen LogP contribution in [0.4, 0.5) is 4.79 Å². The zero-order chi connectivity index (χ0) is 20.8. The fraction of sp³-hybridized carbons (Fsp3) is 0.636. The van der Waals surface area contributed by atoms with Gasteiger partial charge in [0.25, 0.3) is 0 Å². The number of hydrogen-bond acceptors (Lipinski definition) is 6. The predicted molar refractivity (Wildman–Crippen MR) is 118 cm³/mol. The second kappa shape index (κ2) is 10.0. The second-order valence-corrected chi connectivity index (χ2v) is 9.46. The Hall–Kier alpha value is -1.79. The first kappa shape index (κ1) is 21.4. The van der Waals surface area contributed by atoms with Crippen molar-refractivity contribution in [3.05, 3.63) is 35.4 Å². The molecule has 162 valence electrons. The zero-order valence-corrected chi connectivity index (χ0v) is 18.3. The minimum Gasteiger partial charge on any atom is -0.379 e. The van der Waals surface area contributed by atoms with E-state index < -0.39 is 0 Å². The van der Waals surface area contributed by atoms with Gasteiger partial charge in [-0.05, 0) is 29.9 Å². The Kier molecular flexibility index (Phi) is 7.16. The van der Waals surface area contributed by atoms with Crippen molar-refractivity contribution < 1.29 is 9.53 Å². The van der Waals surface area contributed by atoms with Gasteiger partial charge in [0.1, 0.15) is 0 Å². The summed E-state index contributed by atoms with van der Waals surface area (Å²) in [6, 6.07) is 9.99. The van der Waals surface area contributed by atoms with Gasteiger partial charge in [-0.1, -0.05) is 12.1 Å². The molecule has 8 heteroatoms. The topological polar surface area (TPSA) is 71.8 Å². The van der Waals surface area contributed by atoms with E-state index >= 15 is 0 Å². The van der Waals surface area contributed by atoms with E-state index in [1.165, 1.54) is 11.3 Å². The third kappa shape index (κ3) is 5.09. The fourth-order valence-electron chi connectivity index (χ4n) is 4.54. The Morgan fingerprint density at radius 3 is 2.50 bits per heavy atom. The highest BCUT2D eigenvalue weighted by molar-refractivity contribution is 7.99. The van der Waals surface area contributed by atoms with Gasteiger partial charge in [0, 0.05) is 63.6 Å². The largest absolute Gasteiger partial charge is 0.379 e. The maximum Gasteiger partial charge on any atom is 0.317 e. The van der Waals surface area contributed by atoms with Gasteiger partial charge >= 0.3 is 6.03 Å². The molecule has 0 spiro atoms. The summed E-state index contributed by atoms with van der Waals surface area (Å²) < 4.78 is 5.53. The van der Waals surface area contributed by atoms with Crippen LogP contribution in [-0.2, 0) is 11.3 Å². The molecule has 1 atom stereocenters. The molecule has 30 heavy (non-hydrogen) atoms. The van der Waals surface area contributed by atoms with Crippen molar-refractivity contribution in [2.24, 2.45) is 0 Å². The standard InChI is InChI=1S/C22H31N5O2S/c23-15-19-1-3-20(4-2-19)16-25-6-8-26(9-7-25)21(28)24-17-22(5-14-30-18-22)27-10-12-29-13-11-27/h1-4H,5-14,16-18H2,(H,24,28)/t22-/m1/s1. The van der Waals surface area contributed by atoms with E-state index in [4.69, 9.17) is 10.00 Å². The maximum absolute atomic E-state index is 12.8. The fourth-order valence-corrected chi connectivity index (χ4v) is 6.02. The number of piperazine rings is 1. The van der Waals surface area contributed by atoms with E-state index in [1.54, 1.807) is 0 Å². The highest BCUT2D eigenvalue weighted by Crippen LogP contribution is 2.33. The van der Waals surface area contributed by atoms with Crippen LogP contribution in [-0.4, -0.2) is 96.8 Å². The van der Waals surface area contributed by atoms with Crippen molar-refractivity contribution in [1.29, 1.82) is 5.26 Å². The Balaban J connectivity index is 1.24. The summed E-state index contributed by atoms with van der Waals surface area (Å²) in [5.74, 6) is 2.26. The van der Waals surface area contributed by atoms with Gasteiger partial charge in [-0.15, -0.1) is 0 Å². The number of urea groups is 1. The minimum absolute atomic E-state index is 0.0672. The number of nitriles is 1. The summed E-state index contributed by atoms with van der Waals surface area (Å²) in [6.07, 6.45) is 1.14. The third-order valence-corrected chi connectivity index (χ3v) is 7.72. The average Bonchev–Trinajstić information content (AvgIpc) is 3.29. The highest BCUT2D eigenvalue weighted by Gasteiger charge is 2.41. The van der Waals surface area contributed by atoms with Gasteiger partial charge in [-0.2, -0.15) is 17.0 Å². The third-order valence-electron chi connectivity index (χ3n) is 6.48. The minimum atomic E-state index is 0.0672. The number of amides is 2. The molecule has 0 radical (unpaired) electrons. The molecule has 0 aromatic heterocycles. The van der Waals surface area contributed by atoms with E-state index in [2.05, 4.69) is 21.2 Å². The molecule has 1 aromatic carbocycles. The van der Waals surface area contributed by atoms with E-state index in [0.717, 1.165) is 77.7 Å². The molecule has 3 fully saturated rings. The molecule has 0 aliphatic carbocycles. The summed E-state index contributed by atoms with van der Waals surface area (Å²) >= 11 is 1.99. The molecule has 3 heterocycles. The molecule has 0 bridgehead atoms. The molecule has 1 N–H and O–H groups in total. The number of hydrogen-bond donors (Lipinski definition) is 1. The first-order valence-corrected chi connectivity index (χ1v) is 12.0. The summed E-state index contributed by atoms with van der Waals surface area (Å²) in [4.78, 5) is 19.7. The van der Waals surface area contributed by atoms with Crippen molar-refractivity contribution in [2.45, 2.75) is 18.5 Å². The van der Waals surface area contributed by atoms with Crippen LogP contribution < -0.4 is 5.32 Å². The first-order valence-electron chi connectivity index (χ1n) is 10.8. The molecule has 0 saturated carbocycles. The lowest BCUT2D eigenvalue weighted by molar-refractivity contribution is -0.0128. The number of nitrogens with one attached hydrogen (secondary N) is 1. The number of rotatable bonds is 5. The van der Waals surface area contributed by atoms with Crippen molar-refractivity contribution in [3.63, 3.8) is 0 Å². The lowest BCUT2D eigenvalue weighted by Gasteiger charge is -2.43. The van der Waals surface area contributed by atoms with E-state index in [1.807, 2.05) is 40.9 Å². The second-order valence-electron chi connectivity index (χ2n) is 8.36. The average molecular weight is 430 g/mol. The smallest absolute Gasteiger partial charge is 0.317 e. The molecule has 3 aliphatic rings. The molecular weight excluding hydrogens is 398 g/mol. The predicted octanol–water partition coefficient (Wildman–Crippen LogP) is 1.59. The van der Waals surface area contributed by atoms with Crippen molar-refractivity contribution >= 4 is 17.8 Å². The SMILES string of the molecule is N#Cc1ccc(CN2CCN(C(=O)NC[C@]3(N4CCOCC4)CCSC3)CC2)cc1. The van der Waals surface area contributed by atoms with Gasteiger partial charge in [0.2, 0.25) is 0 Å². The quantitative estimate of drug-likeness (QED) is 0.767. The number of carbonyl (C=O) groups is 1. The molecule has 2 amide bonds. The van der Waals surface area contributed by atoms with Crippen LogP contribution in [0.15, 0.2) is 24.3 Å². The van der Waals surface area contributed by atoms with Crippen LogP contribution in [0.3, 0.4) is 0 Å². The molecule has 3 aliphatic heterocycles.